The average molecular weight is 293 g/mol. The Hall–Kier alpha value is -1.22. The molecule has 1 aromatic rings. The third kappa shape index (κ3) is 4.63. The molecule has 2 unspecified atom stereocenters. The largest absolute Gasteiger partial charge is 0.496 e. The summed E-state index contributed by atoms with van der Waals surface area (Å²) in [5, 5.41) is 3.59. The van der Waals surface area contributed by atoms with E-state index in [1.54, 1.807) is 14.2 Å². The summed E-state index contributed by atoms with van der Waals surface area (Å²) >= 11 is 0. The topological polar surface area (TPSA) is 30.5 Å². The number of ether oxygens (including phenoxy) is 2. The van der Waals surface area contributed by atoms with Crippen molar-refractivity contribution < 1.29 is 9.47 Å². The first kappa shape index (κ1) is 17.8. The predicted octanol–water partition coefficient (Wildman–Crippen LogP) is 4.43. The zero-order valence-electron chi connectivity index (χ0n) is 14.6. The molecule has 0 aliphatic rings. The van der Waals surface area contributed by atoms with Crippen LogP contribution in [0.1, 0.15) is 52.6 Å². The summed E-state index contributed by atoms with van der Waals surface area (Å²) in [6.45, 7) is 12.2. The van der Waals surface area contributed by atoms with Crippen molar-refractivity contribution in [2.24, 2.45) is 11.3 Å². The minimum atomic E-state index is 0.232. The van der Waals surface area contributed by atoms with E-state index in [0.29, 0.717) is 5.92 Å². The van der Waals surface area contributed by atoms with Gasteiger partial charge in [-0.05, 0) is 36.4 Å². The number of nitrogens with one attached hydrogen (secondary N) is 1. The Morgan fingerprint density at radius 2 is 1.62 bits per heavy atom. The van der Waals surface area contributed by atoms with Gasteiger partial charge in [0.25, 0.3) is 0 Å². The average Bonchev–Trinajstić information content (AvgIpc) is 2.44. The van der Waals surface area contributed by atoms with Crippen LogP contribution in [0.15, 0.2) is 18.2 Å². The third-order valence-electron chi connectivity index (χ3n) is 4.33. The Labute approximate surface area is 130 Å². The van der Waals surface area contributed by atoms with Crippen LogP contribution in [0.3, 0.4) is 0 Å². The van der Waals surface area contributed by atoms with Gasteiger partial charge in [-0.2, -0.15) is 0 Å². The highest BCUT2D eigenvalue weighted by molar-refractivity contribution is 5.47. The summed E-state index contributed by atoms with van der Waals surface area (Å²) < 4.78 is 11.1. The molecule has 0 saturated carbocycles. The van der Waals surface area contributed by atoms with Gasteiger partial charge in [0, 0.05) is 6.04 Å². The lowest BCUT2D eigenvalue weighted by Crippen LogP contribution is -2.28. The quantitative estimate of drug-likeness (QED) is 0.807. The van der Waals surface area contributed by atoms with Gasteiger partial charge in [-0.25, -0.2) is 0 Å². The van der Waals surface area contributed by atoms with Gasteiger partial charge in [0.05, 0.1) is 19.8 Å². The first-order valence-corrected chi connectivity index (χ1v) is 7.79. The number of benzene rings is 1. The van der Waals surface area contributed by atoms with Crippen LogP contribution in [-0.2, 0) is 0 Å². The molecular weight excluding hydrogens is 262 g/mol. The van der Waals surface area contributed by atoms with Crippen LogP contribution in [-0.4, -0.2) is 20.8 Å². The number of methoxy groups -OCH3 is 2. The van der Waals surface area contributed by atoms with E-state index in [9.17, 15) is 0 Å². The summed E-state index contributed by atoms with van der Waals surface area (Å²) in [7, 11) is 3.43. The van der Waals surface area contributed by atoms with Crippen molar-refractivity contribution in [3.05, 3.63) is 23.8 Å². The molecule has 1 aromatic carbocycles. The summed E-state index contributed by atoms with van der Waals surface area (Å²) in [4.78, 5) is 0. The second kappa shape index (κ2) is 7.69. The highest BCUT2D eigenvalue weighted by Crippen LogP contribution is 2.40. The Morgan fingerprint density at radius 1 is 1.10 bits per heavy atom. The van der Waals surface area contributed by atoms with Crippen LogP contribution in [0.5, 0.6) is 11.5 Å². The van der Waals surface area contributed by atoms with E-state index in [0.717, 1.165) is 30.0 Å². The lowest BCUT2D eigenvalue weighted by atomic mass is 9.77. The number of hydrogen-bond acceptors (Lipinski definition) is 3. The molecule has 0 radical (unpaired) electrons. The number of hydrogen-bond donors (Lipinski definition) is 1. The highest BCUT2D eigenvalue weighted by atomic mass is 16.5. The molecule has 0 amide bonds. The summed E-state index contributed by atoms with van der Waals surface area (Å²) in [6.07, 6.45) is 1.05. The molecule has 0 bridgehead atoms. The first-order chi connectivity index (χ1) is 9.85. The van der Waals surface area contributed by atoms with Gasteiger partial charge in [0.2, 0.25) is 0 Å². The maximum atomic E-state index is 5.56. The van der Waals surface area contributed by atoms with Crippen LogP contribution >= 0.6 is 0 Å². The molecule has 120 valence electrons. The van der Waals surface area contributed by atoms with Crippen LogP contribution in [0.25, 0.3) is 0 Å². The number of rotatable bonds is 7. The van der Waals surface area contributed by atoms with E-state index in [1.807, 2.05) is 18.2 Å². The van der Waals surface area contributed by atoms with E-state index < -0.39 is 0 Å². The maximum absolute atomic E-state index is 5.56. The minimum Gasteiger partial charge on any atom is -0.496 e. The molecule has 3 nitrogen and oxygen atoms in total. The summed E-state index contributed by atoms with van der Waals surface area (Å²) in [6, 6.07) is 6.21. The molecule has 0 aromatic heterocycles. The van der Waals surface area contributed by atoms with Crippen molar-refractivity contribution in [2.45, 2.75) is 47.1 Å². The van der Waals surface area contributed by atoms with E-state index in [-0.39, 0.29) is 11.5 Å². The normalized spacial score (nSPS) is 14.6. The Bertz CT molecular complexity index is 415. The molecule has 21 heavy (non-hydrogen) atoms. The molecule has 0 spiro atoms. The van der Waals surface area contributed by atoms with E-state index in [2.05, 4.69) is 39.9 Å². The minimum absolute atomic E-state index is 0.232. The summed E-state index contributed by atoms with van der Waals surface area (Å²) in [5.41, 5.74) is 1.41. The van der Waals surface area contributed by atoms with Crippen molar-refractivity contribution in [3.8, 4) is 11.5 Å². The molecule has 0 fully saturated rings. The second-order valence-electron chi connectivity index (χ2n) is 6.69. The van der Waals surface area contributed by atoms with Crippen molar-refractivity contribution in [2.75, 3.05) is 20.8 Å². The van der Waals surface area contributed by atoms with Gasteiger partial charge >= 0.3 is 0 Å². The highest BCUT2D eigenvalue weighted by Gasteiger charge is 2.27. The van der Waals surface area contributed by atoms with E-state index in [4.69, 9.17) is 9.47 Å². The second-order valence-corrected chi connectivity index (χ2v) is 6.69. The summed E-state index contributed by atoms with van der Waals surface area (Å²) in [5.74, 6) is 2.36. The Morgan fingerprint density at radius 3 is 2.00 bits per heavy atom. The molecule has 1 rings (SSSR count). The maximum Gasteiger partial charge on any atom is 0.127 e. The van der Waals surface area contributed by atoms with Crippen molar-refractivity contribution in [3.63, 3.8) is 0 Å². The van der Waals surface area contributed by atoms with Gasteiger partial charge < -0.3 is 14.8 Å². The fourth-order valence-electron chi connectivity index (χ4n) is 2.48. The van der Waals surface area contributed by atoms with Gasteiger partial charge in [-0.15, -0.1) is 0 Å². The van der Waals surface area contributed by atoms with E-state index in [1.165, 1.54) is 0 Å². The van der Waals surface area contributed by atoms with Crippen LogP contribution in [0, 0.1) is 11.3 Å². The zero-order valence-corrected chi connectivity index (χ0v) is 14.6. The predicted molar refractivity (Wildman–Crippen MR) is 89.2 cm³/mol. The lowest BCUT2D eigenvalue weighted by molar-refractivity contribution is 0.220. The first-order valence-electron chi connectivity index (χ1n) is 7.79. The van der Waals surface area contributed by atoms with E-state index >= 15 is 0 Å². The van der Waals surface area contributed by atoms with Gasteiger partial charge in [0.1, 0.15) is 11.5 Å². The van der Waals surface area contributed by atoms with Crippen LogP contribution in [0.2, 0.25) is 0 Å². The van der Waals surface area contributed by atoms with Crippen molar-refractivity contribution in [1.82, 2.24) is 5.32 Å². The fraction of sp³-hybridized carbons (Fsp3) is 0.667. The molecule has 0 aliphatic carbocycles. The zero-order chi connectivity index (χ0) is 16.0. The van der Waals surface area contributed by atoms with Crippen molar-refractivity contribution in [1.29, 1.82) is 0 Å². The third-order valence-corrected chi connectivity index (χ3v) is 4.33. The van der Waals surface area contributed by atoms with Crippen LogP contribution < -0.4 is 14.8 Å². The Kier molecular flexibility index (Phi) is 6.53. The molecular formula is C18H31NO2. The van der Waals surface area contributed by atoms with Crippen LogP contribution in [0.4, 0.5) is 0 Å². The molecule has 0 heterocycles. The molecule has 0 saturated heterocycles. The SMILES string of the molecule is CCNC(CC(C)C(C)(C)C)c1c(OC)cccc1OC. The lowest BCUT2D eigenvalue weighted by Gasteiger charge is -2.32. The monoisotopic (exact) mass is 293 g/mol. The van der Waals surface area contributed by atoms with Gasteiger partial charge in [-0.1, -0.05) is 40.7 Å². The smallest absolute Gasteiger partial charge is 0.127 e. The molecule has 3 heteroatoms. The fourth-order valence-corrected chi connectivity index (χ4v) is 2.48. The molecule has 0 aliphatic heterocycles. The standard InChI is InChI=1S/C18H31NO2/c1-8-19-14(12-13(2)18(3,4)5)17-15(20-6)10-9-11-16(17)21-7/h9-11,13-14,19H,8,12H2,1-7H3. The van der Waals surface area contributed by atoms with Gasteiger partial charge in [0.15, 0.2) is 0 Å². The van der Waals surface area contributed by atoms with Gasteiger partial charge in [-0.3, -0.25) is 0 Å². The Balaban J connectivity index is 3.16. The van der Waals surface area contributed by atoms with Crippen molar-refractivity contribution >= 4 is 0 Å². The molecule has 1 N–H and O–H groups in total. The molecule has 2 atom stereocenters.